The van der Waals surface area contributed by atoms with E-state index in [1.54, 1.807) is 0 Å². The highest BCUT2D eigenvalue weighted by Crippen LogP contribution is 2.23. The minimum absolute atomic E-state index is 0.498. The third kappa shape index (κ3) is 3.22. The van der Waals surface area contributed by atoms with E-state index < -0.39 is 0 Å². The van der Waals surface area contributed by atoms with Gasteiger partial charge in [-0.3, -0.25) is 4.98 Å². The molecule has 0 aliphatic carbocycles. The van der Waals surface area contributed by atoms with Gasteiger partial charge in [0.15, 0.2) is 0 Å². The summed E-state index contributed by atoms with van der Waals surface area (Å²) in [5, 5.41) is 6.05. The zero-order valence-electron chi connectivity index (χ0n) is 11.5. The Labute approximate surface area is 109 Å². The number of aromatic nitrogens is 1. The van der Waals surface area contributed by atoms with Gasteiger partial charge in [0.1, 0.15) is 0 Å². The molecule has 0 fully saturated rings. The lowest BCUT2D eigenvalue weighted by molar-refractivity contribution is 0.528. The maximum atomic E-state index is 4.22. The summed E-state index contributed by atoms with van der Waals surface area (Å²) >= 11 is 0. The van der Waals surface area contributed by atoms with Gasteiger partial charge in [-0.25, -0.2) is 0 Å². The lowest BCUT2D eigenvalue weighted by Gasteiger charge is -2.17. The number of nitrogens with zero attached hydrogens (tertiary/aromatic N) is 1. The molecule has 2 aromatic rings. The smallest absolute Gasteiger partial charge is 0.0437 e. The monoisotopic (exact) mass is 242 g/mol. The third-order valence-corrected chi connectivity index (χ3v) is 3.26. The minimum Gasteiger partial charge on any atom is -0.382 e. The SMILES string of the molecule is CC(C)CCC(C)Nc1cccc2ccncc12. The van der Waals surface area contributed by atoms with Crippen molar-refractivity contribution in [2.24, 2.45) is 5.92 Å². The van der Waals surface area contributed by atoms with Gasteiger partial charge in [0.2, 0.25) is 0 Å². The molecule has 1 unspecified atom stereocenters. The van der Waals surface area contributed by atoms with Gasteiger partial charge in [-0.2, -0.15) is 0 Å². The molecule has 1 aromatic heterocycles. The van der Waals surface area contributed by atoms with Crippen molar-refractivity contribution in [1.82, 2.24) is 4.98 Å². The first-order chi connectivity index (χ1) is 8.66. The van der Waals surface area contributed by atoms with Crippen LogP contribution in [0.4, 0.5) is 5.69 Å². The van der Waals surface area contributed by atoms with E-state index >= 15 is 0 Å². The molecule has 0 saturated heterocycles. The second-order valence-corrected chi connectivity index (χ2v) is 5.42. The predicted molar refractivity (Wildman–Crippen MR) is 78.9 cm³/mol. The van der Waals surface area contributed by atoms with Gasteiger partial charge in [-0.15, -0.1) is 0 Å². The Morgan fingerprint density at radius 1 is 1.11 bits per heavy atom. The number of anilines is 1. The van der Waals surface area contributed by atoms with Crippen LogP contribution in [-0.4, -0.2) is 11.0 Å². The van der Waals surface area contributed by atoms with E-state index in [1.807, 2.05) is 12.4 Å². The molecule has 96 valence electrons. The van der Waals surface area contributed by atoms with Crippen LogP contribution >= 0.6 is 0 Å². The van der Waals surface area contributed by atoms with E-state index in [9.17, 15) is 0 Å². The summed E-state index contributed by atoms with van der Waals surface area (Å²) in [6.45, 7) is 6.79. The highest BCUT2D eigenvalue weighted by molar-refractivity contribution is 5.93. The van der Waals surface area contributed by atoms with Crippen LogP contribution < -0.4 is 5.32 Å². The lowest BCUT2D eigenvalue weighted by atomic mass is 10.0. The van der Waals surface area contributed by atoms with E-state index in [0.717, 1.165) is 5.92 Å². The highest BCUT2D eigenvalue weighted by Gasteiger charge is 2.06. The maximum Gasteiger partial charge on any atom is 0.0437 e. The van der Waals surface area contributed by atoms with Crippen LogP contribution in [0.1, 0.15) is 33.6 Å². The molecule has 1 aromatic carbocycles. The molecule has 0 spiro atoms. The summed E-state index contributed by atoms with van der Waals surface area (Å²) < 4.78 is 0. The minimum atomic E-state index is 0.498. The lowest BCUT2D eigenvalue weighted by Crippen LogP contribution is -2.16. The zero-order valence-corrected chi connectivity index (χ0v) is 11.5. The first kappa shape index (κ1) is 12.9. The second kappa shape index (κ2) is 5.85. The Morgan fingerprint density at radius 2 is 1.94 bits per heavy atom. The van der Waals surface area contributed by atoms with Crippen molar-refractivity contribution < 1.29 is 0 Å². The standard InChI is InChI=1S/C16H22N2/c1-12(2)7-8-13(3)18-16-6-4-5-14-9-10-17-11-15(14)16/h4-6,9-13,18H,7-8H2,1-3H3. The van der Waals surface area contributed by atoms with Crippen LogP contribution in [0.5, 0.6) is 0 Å². The van der Waals surface area contributed by atoms with Crippen LogP contribution in [-0.2, 0) is 0 Å². The maximum absolute atomic E-state index is 4.22. The molecule has 0 bridgehead atoms. The van der Waals surface area contributed by atoms with Crippen molar-refractivity contribution in [3.8, 4) is 0 Å². The fraction of sp³-hybridized carbons (Fsp3) is 0.438. The highest BCUT2D eigenvalue weighted by atomic mass is 14.9. The Kier molecular flexibility index (Phi) is 4.19. The van der Waals surface area contributed by atoms with Crippen molar-refractivity contribution >= 4 is 16.5 Å². The number of nitrogens with one attached hydrogen (secondary N) is 1. The third-order valence-electron chi connectivity index (χ3n) is 3.26. The van der Waals surface area contributed by atoms with Gasteiger partial charge < -0.3 is 5.32 Å². The summed E-state index contributed by atoms with van der Waals surface area (Å²) in [5.41, 5.74) is 1.19. The molecular formula is C16H22N2. The summed E-state index contributed by atoms with van der Waals surface area (Å²) in [6.07, 6.45) is 6.24. The molecule has 0 aliphatic rings. The topological polar surface area (TPSA) is 24.9 Å². The van der Waals surface area contributed by atoms with Gasteiger partial charge >= 0.3 is 0 Å². The summed E-state index contributed by atoms with van der Waals surface area (Å²) in [4.78, 5) is 4.22. The van der Waals surface area contributed by atoms with E-state index in [-0.39, 0.29) is 0 Å². The average Bonchev–Trinajstić information content (AvgIpc) is 2.37. The number of rotatable bonds is 5. The van der Waals surface area contributed by atoms with Crippen LogP contribution in [0.15, 0.2) is 36.7 Å². The first-order valence-corrected chi connectivity index (χ1v) is 6.76. The van der Waals surface area contributed by atoms with Crippen molar-refractivity contribution in [2.75, 3.05) is 5.32 Å². The van der Waals surface area contributed by atoms with Crippen molar-refractivity contribution in [1.29, 1.82) is 0 Å². The summed E-state index contributed by atoms with van der Waals surface area (Å²) in [5.74, 6) is 0.767. The van der Waals surface area contributed by atoms with Gasteiger partial charge in [-0.05, 0) is 43.2 Å². The molecule has 2 rings (SSSR count). The van der Waals surface area contributed by atoms with Gasteiger partial charge in [0.25, 0.3) is 0 Å². The number of pyridine rings is 1. The quantitative estimate of drug-likeness (QED) is 0.836. The second-order valence-electron chi connectivity index (χ2n) is 5.42. The molecule has 18 heavy (non-hydrogen) atoms. The van der Waals surface area contributed by atoms with Crippen LogP contribution in [0.3, 0.4) is 0 Å². The van der Waals surface area contributed by atoms with Crippen molar-refractivity contribution in [3.05, 3.63) is 36.7 Å². The van der Waals surface area contributed by atoms with Crippen molar-refractivity contribution in [3.63, 3.8) is 0 Å². The molecule has 2 nitrogen and oxygen atoms in total. The fourth-order valence-electron chi connectivity index (χ4n) is 2.16. The molecule has 0 radical (unpaired) electrons. The van der Waals surface area contributed by atoms with E-state index in [4.69, 9.17) is 0 Å². The Balaban J connectivity index is 2.11. The molecule has 1 N–H and O–H groups in total. The van der Waals surface area contributed by atoms with Gasteiger partial charge in [-0.1, -0.05) is 26.0 Å². The van der Waals surface area contributed by atoms with Crippen molar-refractivity contribution in [2.45, 2.75) is 39.7 Å². The number of hydrogen-bond donors (Lipinski definition) is 1. The van der Waals surface area contributed by atoms with E-state index in [0.29, 0.717) is 6.04 Å². The molecule has 1 heterocycles. The normalized spacial score (nSPS) is 12.9. The Hall–Kier alpha value is -1.57. The molecule has 0 saturated carbocycles. The molecule has 0 amide bonds. The fourth-order valence-corrected chi connectivity index (χ4v) is 2.16. The first-order valence-electron chi connectivity index (χ1n) is 6.76. The largest absolute Gasteiger partial charge is 0.382 e. The van der Waals surface area contributed by atoms with E-state index in [2.05, 4.69) is 55.3 Å². The summed E-state index contributed by atoms with van der Waals surface area (Å²) in [6, 6.07) is 8.91. The molecule has 1 atom stereocenters. The average molecular weight is 242 g/mol. The number of hydrogen-bond acceptors (Lipinski definition) is 2. The van der Waals surface area contributed by atoms with Crippen LogP contribution in [0.25, 0.3) is 10.8 Å². The Bertz CT molecular complexity index is 500. The van der Waals surface area contributed by atoms with Gasteiger partial charge in [0, 0.05) is 29.5 Å². The molecule has 2 heteroatoms. The zero-order chi connectivity index (χ0) is 13.0. The Morgan fingerprint density at radius 3 is 2.72 bits per heavy atom. The predicted octanol–water partition coefficient (Wildman–Crippen LogP) is 4.47. The van der Waals surface area contributed by atoms with E-state index in [1.165, 1.54) is 29.3 Å². The molecule has 0 aliphatic heterocycles. The number of benzene rings is 1. The summed E-state index contributed by atoms with van der Waals surface area (Å²) in [7, 11) is 0. The van der Waals surface area contributed by atoms with Gasteiger partial charge in [0.05, 0.1) is 0 Å². The molecular weight excluding hydrogens is 220 g/mol. The van der Waals surface area contributed by atoms with Crippen LogP contribution in [0, 0.1) is 5.92 Å². The number of fused-ring (bicyclic) bond motifs is 1. The van der Waals surface area contributed by atoms with Crippen LogP contribution in [0.2, 0.25) is 0 Å².